The van der Waals surface area contributed by atoms with Gasteiger partial charge in [-0.3, -0.25) is 4.79 Å². The number of carbonyl (C=O) groups excluding carboxylic acids is 1. The Kier molecular flexibility index (Phi) is 1.51. The highest BCUT2D eigenvalue weighted by molar-refractivity contribution is 5.93. The van der Waals surface area contributed by atoms with Crippen molar-refractivity contribution >= 4 is 5.78 Å². The lowest BCUT2D eigenvalue weighted by molar-refractivity contribution is 0.101. The quantitative estimate of drug-likeness (QED) is 0.510. The van der Waals surface area contributed by atoms with E-state index in [2.05, 4.69) is 12.1 Å². The van der Waals surface area contributed by atoms with E-state index < -0.39 is 0 Å². The van der Waals surface area contributed by atoms with Crippen molar-refractivity contribution in [3.63, 3.8) is 0 Å². The van der Waals surface area contributed by atoms with Gasteiger partial charge in [0.15, 0.2) is 5.78 Å². The predicted molar refractivity (Wildman–Crippen MR) is 34.1 cm³/mol. The normalized spacial score (nSPS) is 8.11. The van der Waals surface area contributed by atoms with Crippen LogP contribution in [0.5, 0.6) is 0 Å². The van der Waals surface area contributed by atoms with Crippen molar-refractivity contribution in [1.82, 2.24) is 0 Å². The zero-order valence-corrected chi connectivity index (χ0v) is 5.14. The molecule has 0 aliphatic carbocycles. The van der Waals surface area contributed by atoms with Crippen molar-refractivity contribution in [1.29, 1.82) is 0 Å². The van der Waals surface area contributed by atoms with E-state index in [0.717, 1.165) is 0 Å². The van der Waals surface area contributed by atoms with Gasteiger partial charge in [-0.1, -0.05) is 18.2 Å². The van der Waals surface area contributed by atoms with Gasteiger partial charge in [-0.15, -0.1) is 0 Å². The highest BCUT2D eigenvalue weighted by atomic mass is 16.1. The summed E-state index contributed by atoms with van der Waals surface area (Å²) in [5.41, 5.74) is 0.595. The standard InChI is InChI=1S/C8H6O/c1-7(9)8-5-3-2-4-6-8/h2-3,5H,1H3. The van der Waals surface area contributed by atoms with E-state index in [0.29, 0.717) is 5.56 Å². The van der Waals surface area contributed by atoms with Gasteiger partial charge >= 0.3 is 0 Å². The molecule has 9 heavy (non-hydrogen) atoms. The zero-order chi connectivity index (χ0) is 6.69. The first-order chi connectivity index (χ1) is 4.30. The van der Waals surface area contributed by atoms with Gasteiger partial charge in [0.05, 0.1) is 5.56 Å². The number of ketones is 1. The second-order valence-electron chi connectivity index (χ2n) is 1.76. The molecule has 0 atom stereocenters. The Morgan fingerprint density at radius 1 is 1.67 bits per heavy atom. The van der Waals surface area contributed by atoms with E-state index in [4.69, 9.17) is 0 Å². The lowest BCUT2D eigenvalue weighted by Gasteiger charge is -1.83. The monoisotopic (exact) mass is 118 g/mol. The molecule has 0 heterocycles. The summed E-state index contributed by atoms with van der Waals surface area (Å²) in [5.74, 6) is 0.0341. The maximum absolute atomic E-state index is 10.6. The van der Waals surface area contributed by atoms with Gasteiger partial charge in [-0.05, 0) is 19.1 Å². The first-order valence-electron chi connectivity index (χ1n) is 2.70. The molecule has 0 fully saturated rings. The molecule has 0 bridgehead atoms. The van der Waals surface area contributed by atoms with E-state index in [1.807, 2.05) is 0 Å². The summed E-state index contributed by atoms with van der Waals surface area (Å²) in [6.45, 7) is 1.51. The average molecular weight is 118 g/mol. The topological polar surface area (TPSA) is 17.1 Å². The second-order valence-corrected chi connectivity index (χ2v) is 1.76. The highest BCUT2D eigenvalue weighted by Crippen LogP contribution is 1.92. The minimum Gasteiger partial charge on any atom is -0.294 e. The van der Waals surface area contributed by atoms with Gasteiger partial charge in [0.2, 0.25) is 0 Å². The molecule has 0 saturated heterocycles. The fourth-order valence-corrected chi connectivity index (χ4v) is 0.559. The fourth-order valence-electron chi connectivity index (χ4n) is 0.559. The van der Waals surface area contributed by atoms with Gasteiger partial charge in [0.1, 0.15) is 0 Å². The summed E-state index contributed by atoms with van der Waals surface area (Å²) < 4.78 is 0. The van der Waals surface area contributed by atoms with Crippen LogP contribution in [0.15, 0.2) is 18.2 Å². The van der Waals surface area contributed by atoms with Gasteiger partial charge in [0.25, 0.3) is 0 Å². The van der Waals surface area contributed by atoms with Crippen LogP contribution >= 0.6 is 0 Å². The molecule has 0 saturated carbocycles. The van der Waals surface area contributed by atoms with Gasteiger partial charge in [0, 0.05) is 0 Å². The van der Waals surface area contributed by atoms with Crippen LogP contribution in [0.1, 0.15) is 17.3 Å². The van der Waals surface area contributed by atoms with Crippen LogP contribution in [-0.2, 0) is 0 Å². The molecule has 44 valence electrons. The summed E-state index contributed by atoms with van der Waals surface area (Å²) >= 11 is 0. The molecule has 0 amide bonds. The van der Waals surface area contributed by atoms with Crippen LogP contribution < -0.4 is 0 Å². The SMILES string of the molecule is CC(=O)c1c#cccc1. The molecule has 0 unspecified atom stereocenters. The molecule has 1 aromatic rings. The lowest BCUT2D eigenvalue weighted by atomic mass is 10.2. The minimum absolute atomic E-state index is 0.0341. The van der Waals surface area contributed by atoms with Crippen LogP contribution in [0.3, 0.4) is 0 Å². The van der Waals surface area contributed by atoms with Crippen LogP contribution in [0, 0.1) is 12.1 Å². The van der Waals surface area contributed by atoms with Gasteiger partial charge in [-0.25, -0.2) is 0 Å². The molecular formula is C8H6O. The fraction of sp³-hybridized carbons (Fsp3) is 0.125. The number of carbonyl (C=O) groups is 1. The van der Waals surface area contributed by atoms with Gasteiger partial charge in [-0.2, -0.15) is 0 Å². The Morgan fingerprint density at radius 2 is 2.44 bits per heavy atom. The summed E-state index contributed by atoms with van der Waals surface area (Å²) in [6, 6.07) is 10.6. The van der Waals surface area contributed by atoms with Crippen LogP contribution in [-0.4, -0.2) is 5.78 Å². The third kappa shape index (κ3) is 1.30. The molecule has 1 nitrogen and oxygen atoms in total. The zero-order valence-electron chi connectivity index (χ0n) is 5.14. The number of Topliss-reactive ketones (excluding diaryl/α,β-unsaturated/α-hetero) is 1. The maximum atomic E-state index is 10.6. The molecule has 0 aliphatic heterocycles. The maximum Gasteiger partial charge on any atom is 0.168 e. The van der Waals surface area contributed by atoms with Crippen molar-refractivity contribution < 1.29 is 4.79 Å². The van der Waals surface area contributed by atoms with E-state index in [1.54, 1.807) is 18.2 Å². The largest absolute Gasteiger partial charge is 0.294 e. The minimum atomic E-state index is 0.0341. The molecule has 1 aromatic carbocycles. The number of hydrogen-bond acceptors (Lipinski definition) is 1. The first kappa shape index (κ1) is 5.84. The van der Waals surface area contributed by atoms with Crippen molar-refractivity contribution in [2.75, 3.05) is 0 Å². The molecule has 0 radical (unpaired) electrons. The molecule has 0 aliphatic rings. The van der Waals surface area contributed by atoms with E-state index >= 15 is 0 Å². The van der Waals surface area contributed by atoms with E-state index in [-0.39, 0.29) is 5.78 Å². The molecule has 0 aromatic heterocycles. The summed E-state index contributed by atoms with van der Waals surface area (Å²) in [5, 5.41) is 0. The number of hydrogen-bond donors (Lipinski definition) is 0. The molecule has 0 N–H and O–H groups in total. The Hall–Kier alpha value is -1.29. The third-order valence-electron chi connectivity index (χ3n) is 1.03. The molecule has 1 rings (SSSR count). The third-order valence-corrected chi connectivity index (χ3v) is 1.03. The predicted octanol–water partition coefficient (Wildman–Crippen LogP) is 1.49. The summed E-state index contributed by atoms with van der Waals surface area (Å²) in [7, 11) is 0. The average Bonchev–Trinajstić information content (AvgIpc) is 1.90. The van der Waals surface area contributed by atoms with E-state index in [1.165, 1.54) is 6.92 Å². The first-order valence-corrected chi connectivity index (χ1v) is 2.70. The smallest absolute Gasteiger partial charge is 0.168 e. The van der Waals surface area contributed by atoms with E-state index in [9.17, 15) is 4.79 Å². The van der Waals surface area contributed by atoms with Crippen molar-refractivity contribution in [2.45, 2.75) is 6.92 Å². The Bertz CT molecular complexity index is 201. The Labute approximate surface area is 54.3 Å². The Morgan fingerprint density at radius 3 is 2.78 bits per heavy atom. The van der Waals surface area contributed by atoms with Gasteiger partial charge < -0.3 is 0 Å². The summed E-state index contributed by atoms with van der Waals surface area (Å²) in [6.07, 6.45) is 0. The van der Waals surface area contributed by atoms with Crippen molar-refractivity contribution in [3.8, 4) is 0 Å². The van der Waals surface area contributed by atoms with Crippen LogP contribution in [0.2, 0.25) is 0 Å². The lowest BCUT2D eigenvalue weighted by Crippen LogP contribution is -1.87. The molecule has 0 spiro atoms. The highest BCUT2D eigenvalue weighted by Gasteiger charge is 1.92. The second kappa shape index (κ2) is 2.32. The number of rotatable bonds is 1. The van der Waals surface area contributed by atoms with Crippen LogP contribution in [0.25, 0.3) is 0 Å². The van der Waals surface area contributed by atoms with Crippen molar-refractivity contribution in [3.05, 3.63) is 35.9 Å². The molecule has 1 heteroatoms. The molecular weight excluding hydrogens is 112 g/mol. The summed E-state index contributed by atoms with van der Waals surface area (Å²) in [4.78, 5) is 10.6. The van der Waals surface area contributed by atoms with Crippen LogP contribution in [0.4, 0.5) is 0 Å². The Balaban J connectivity index is 2.98. The van der Waals surface area contributed by atoms with Crippen molar-refractivity contribution in [2.24, 2.45) is 0 Å².